The molecule has 1 saturated heterocycles. The van der Waals surface area contributed by atoms with Gasteiger partial charge in [-0.05, 0) is 74.9 Å². The average Bonchev–Trinajstić information content (AvgIpc) is 3.41. The van der Waals surface area contributed by atoms with Crippen LogP contribution in [0.2, 0.25) is 0 Å². The fourth-order valence-corrected chi connectivity index (χ4v) is 4.00. The lowest BCUT2D eigenvalue weighted by Gasteiger charge is -2.24. The lowest BCUT2D eigenvalue weighted by Crippen LogP contribution is -2.34. The maximum Gasteiger partial charge on any atom is 0.338 e. The maximum absolute atomic E-state index is 12.7. The molecule has 1 aromatic heterocycles. The van der Waals surface area contributed by atoms with Crippen molar-refractivity contribution in [1.29, 1.82) is 0 Å². The van der Waals surface area contributed by atoms with Crippen LogP contribution in [0.4, 0.5) is 10.5 Å². The molecular formula is C22H25N3O3. The number of rotatable bonds is 4. The van der Waals surface area contributed by atoms with Crippen LogP contribution in [0.3, 0.4) is 0 Å². The lowest BCUT2D eigenvalue weighted by molar-refractivity contribution is 0.0318. The van der Waals surface area contributed by atoms with Crippen molar-refractivity contribution < 1.29 is 14.3 Å². The monoisotopic (exact) mass is 379 g/mol. The lowest BCUT2D eigenvalue weighted by atomic mass is 10.1. The molecular weight excluding hydrogens is 354 g/mol. The Labute approximate surface area is 164 Å². The predicted molar refractivity (Wildman–Crippen MR) is 106 cm³/mol. The van der Waals surface area contributed by atoms with Gasteiger partial charge in [-0.1, -0.05) is 6.07 Å². The van der Waals surface area contributed by atoms with E-state index in [0.29, 0.717) is 17.8 Å². The largest absolute Gasteiger partial charge is 0.459 e. The summed E-state index contributed by atoms with van der Waals surface area (Å²) in [5.41, 5.74) is 2.09. The summed E-state index contributed by atoms with van der Waals surface area (Å²) in [4.78, 5) is 31.2. The van der Waals surface area contributed by atoms with Gasteiger partial charge in [-0.2, -0.15) is 0 Å². The van der Waals surface area contributed by atoms with Gasteiger partial charge in [0.25, 0.3) is 0 Å². The number of esters is 1. The fraction of sp³-hybridized carbons (Fsp3) is 0.409. The smallest absolute Gasteiger partial charge is 0.338 e. The first-order chi connectivity index (χ1) is 13.7. The number of amides is 2. The van der Waals surface area contributed by atoms with Gasteiger partial charge in [0.2, 0.25) is 0 Å². The molecule has 0 radical (unpaired) electrons. The van der Waals surface area contributed by atoms with Gasteiger partial charge in [-0.25, -0.2) is 9.59 Å². The number of nitrogens with one attached hydrogen (secondary N) is 1. The molecule has 6 heteroatoms. The number of aromatic nitrogens is 1. The highest BCUT2D eigenvalue weighted by atomic mass is 16.5. The molecule has 2 aromatic rings. The molecule has 2 aliphatic rings. The summed E-state index contributed by atoms with van der Waals surface area (Å²) in [7, 11) is 0. The van der Waals surface area contributed by atoms with Crippen molar-refractivity contribution in [1.82, 2.24) is 9.88 Å². The molecule has 1 unspecified atom stereocenters. The number of hydrogen-bond acceptors (Lipinski definition) is 4. The summed E-state index contributed by atoms with van der Waals surface area (Å²) < 4.78 is 5.52. The standard InChI is InChI=1S/C22H25N3O3/c26-21(28-18-6-1-2-7-18)16-10-12-17(13-11-16)24-22(27)25-15-5-9-20(25)19-8-3-4-14-23-19/h3-4,8,10-14,18,20H,1-2,5-7,9,15H2,(H,24,27). The third-order valence-corrected chi connectivity index (χ3v) is 5.49. The van der Waals surface area contributed by atoms with Crippen LogP contribution in [-0.4, -0.2) is 34.5 Å². The second-order valence-corrected chi connectivity index (χ2v) is 7.43. The van der Waals surface area contributed by atoms with Crippen molar-refractivity contribution in [3.63, 3.8) is 0 Å². The summed E-state index contributed by atoms with van der Waals surface area (Å²) in [6.07, 6.45) is 7.83. The minimum absolute atomic E-state index is 0.00172. The molecule has 2 heterocycles. The Morgan fingerprint density at radius 2 is 1.79 bits per heavy atom. The normalized spacial score (nSPS) is 19.6. The Morgan fingerprint density at radius 1 is 1.00 bits per heavy atom. The van der Waals surface area contributed by atoms with Crippen LogP contribution in [0.15, 0.2) is 48.7 Å². The second-order valence-electron chi connectivity index (χ2n) is 7.43. The number of carbonyl (C=O) groups excluding carboxylic acids is 2. The average molecular weight is 379 g/mol. The van der Waals surface area contributed by atoms with Gasteiger partial charge in [0.15, 0.2) is 0 Å². The fourth-order valence-electron chi connectivity index (χ4n) is 4.00. The molecule has 28 heavy (non-hydrogen) atoms. The Hall–Kier alpha value is -2.89. The SMILES string of the molecule is O=C(OC1CCCC1)c1ccc(NC(=O)N2CCCC2c2ccccn2)cc1. The van der Waals surface area contributed by atoms with Crippen molar-refractivity contribution in [2.45, 2.75) is 50.7 Å². The molecule has 146 valence electrons. The predicted octanol–water partition coefficient (Wildman–Crippen LogP) is 4.55. The Kier molecular flexibility index (Phi) is 5.55. The van der Waals surface area contributed by atoms with E-state index in [9.17, 15) is 9.59 Å². The number of nitrogens with zero attached hydrogens (tertiary/aromatic N) is 2. The third kappa shape index (κ3) is 4.16. The molecule has 6 nitrogen and oxygen atoms in total. The van der Waals surface area contributed by atoms with Crippen LogP contribution in [0.1, 0.15) is 60.6 Å². The van der Waals surface area contributed by atoms with Crippen molar-refractivity contribution in [2.24, 2.45) is 0 Å². The number of carbonyl (C=O) groups is 2. The first kappa shape index (κ1) is 18.5. The Morgan fingerprint density at radius 3 is 2.50 bits per heavy atom. The van der Waals surface area contributed by atoms with Gasteiger partial charge in [0, 0.05) is 18.4 Å². The third-order valence-electron chi connectivity index (χ3n) is 5.49. The molecule has 4 rings (SSSR count). The zero-order valence-corrected chi connectivity index (χ0v) is 15.8. The summed E-state index contributed by atoms with van der Waals surface area (Å²) in [6.45, 7) is 0.707. The van der Waals surface area contributed by atoms with Gasteiger partial charge in [0.1, 0.15) is 6.10 Å². The molecule has 0 bridgehead atoms. The van der Waals surface area contributed by atoms with Gasteiger partial charge in [-0.15, -0.1) is 0 Å². The summed E-state index contributed by atoms with van der Waals surface area (Å²) in [5.74, 6) is -0.292. The number of anilines is 1. The minimum atomic E-state index is -0.292. The van der Waals surface area contributed by atoms with Crippen molar-refractivity contribution >= 4 is 17.7 Å². The van der Waals surface area contributed by atoms with E-state index in [-0.39, 0.29) is 24.1 Å². The van der Waals surface area contributed by atoms with E-state index in [4.69, 9.17) is 4.74 Å². The first-order valence-electron chi connectivity index (χ1n) is 10.0. The second kappa shape index (κ2) is 8.42. The van der Waals surface area contributed by atoms with Gasteiger partial charge in [0.05, 0.1) is 17.3 Å². The van der Waals surface area contributed by atoms with E-state index in [1.807, 2.05) is 23.1 Å². The minimum Gasteiger partial charge on any atom is -0.459 e. The molecule has 1 aromatic carbocycles. The number of benzene rings is 1. The molecule has 1 saturated carbocycles. The topological polar surface area (TPSA) is 71.5 Å². The zero-order chi connectivity index (χ0) is 19.3. The first-order valence-corrected chi connectivity index (χ1v) is 10.0. The Bertz CT molecular complexity index is 817. The molecule has 1 atom stereocenters. The van der Waals surface area contributed by atoms with Crippen molar-refractivity contribution in [3.8, 4) is 0 Å². The number of ether oxygens (including phenoxy) is 1. The number of pyridine rings is 1. The zero-order valence-electron chi connectivity index (χ0n) is 15.8. The molecule has 1 aliphatic heterocycles. The highest BCUT2D eigenvalue weighted by Crippen LogP contribution is 2.31. The molecule has 1 aliphatic carbocycles. The van der Waals surface area contributed by atoms with E-state index in [2.05, 4.69) is 10.3 Å². The highest BCUT2D eigenvalue weighted by molar-refractivity contribution is 5.92. The number of urea groups is 1. The van der Waals surface area contributed by atoms with E-state index in [1.54, 1.807) is 30.5 Å². The molecule has 0 spiro atoms. The molecule has 1 N–H and O–H groups in total. The number of likely N-dealkylation sites (tertiary alicyclic amines) is 1. The maximum atomic E-state index is 12.7. The number of hydrogen-bond donors (Lipinski definition) is 1. The van der Waals surface area contributed by atoms with Crippen LogP contribution in [0.5, 0.6) is 0 Å². The summed E-state index contributed by atoms with van der Waals surface area (Å²) in [6, 6.07) is 12.5. The highest BCUT2D eigenvalue weighted by Gasteiger charge is 2.30. The van der Waals surface area contributed by atoms with Crippen LogP contribution in [0, 0.1) is 0 Å². The van der Waals surface area contributed by atoms with Gasteiger partial charge in [-0.3, -0.25) is 4.98 Å². The van der Waals surface area contributed by atoms with E-state index in [1.165, 1.54) is 0 Å². The van der Waals surface area contributed by atoms with Gasteiger partial charge < -0.3 is 15.0 Å². The van der Waals surface area contributed by atoms with Crippen LogP contribution in [0.25, 0.3) is 0 Å². The summed E-state index contributed by atoms with van der Waals surface area (Å²) in [5, 5.41) is 2.93. The van der Waals surface area contributed by atoms with Crippen molar-refractivity contribution in [2.75, 3.05) is 11.9 Å². The Balaban J connectivity index is 1.37. The van der Waals surface area contributed by atoms with Crippen LogP contribution in [-0.2, 0) is 4.74 Å². The van der Waals surface area contributed by atoms with E-state index < -0.39 is 0 Å². The molecule has 2 fully saturated rings. The van der Waals surface area contributed by atoms with E-state index in [0.717, 1.165) is 44.2 Å². The molecule has 2 amide bonds. The quantitative estimate of drug-likeness (QED) is 0.791. The summed E-state index contributed by atoms with van der Waals surface area (Å²) >= 11 is 0. The van der Waals surface area contributed by atoms with Crippen LogP contribution < -0.4 is 5.32 Å². The van der Waals surface area contributed by atoms with Crippen LogP contribution >= 0.6 is 0 Å². The van der Waals surface area contributed by atoms with E-state index >= 15 is 0 Å². The van der Waals surface area contributed by atoms with Crippen molar-refractivity contribution in [3.05, 3.63) is 59.9 Å². The van der Waals surface area contributed by atoms with Gasteiger partial charge >= 0.3 is 12.0 Å².